The summed E-state index contributed by atoms with van der Waals surface area (Å²) < 4.78 is 0. The number of hydrogen-bond donors (Lipinski definition) is 1. The summed E-state index contributed by atoms with van der Waals surface area (Å²) in [6, 6.07) is 53.2. The van der Waals surface area contributed by atoms with Crippen molar-refractivity contribution in [2.45, 2.75) is 89.9 Å². The highest BCUT2D eigenvalue weighted by Crippen LogP contribution is 2.24. The zero-order valence-electron chi connectivity index (χ0n) is 35.2. The van der Waals surface area contributed by atoms with Crippen molar-refractivity contribution in [2.75, 3.05) is 0 Å². The fraction of sp³-hybridized carbons (Fsp3) is 0.246. The Morgan fingerprint density at radius 3 is 1.10 bits per heavy atom. The van der Waals surface area contributed by atoms with Crippen LogP contribution < -0.4 is 0 Å². The van der Waals surface area contributed by atoms with Crippen LogP contribution in [0.3, 0.4) is 0 Å². The molecular formula is C57H56N2O2. The van der Waals surface area contributed by atoms with E-state index in [0.29, 0.717) is 12.8 Å². The van der Waals surface area contributed by atoms with Gasteiger partial charge in [0.15, 0.2) is 5.78 Å². The van der Waals surface area contributed by atoms with E-state index >= 15 is 0 Å². The minimum Gasteiger partial charge on any atom is -0.512 e. The summed E-state index contributed by atoms with van der Waals surface area (Å²) in [7, 11) is 0. The second kappa shape index (κ2) is 20.7. The Hall–Kier alpha value is -6.39. The molecule has 14 bridgehead atoms. The Labute approximate surface area is 362 Å². The summed E-state index contributed by atoms with van der Waals surface area (Å²) in [5.41, 5.74) is 17.4. The normalized spacial score (nSPS) is 14.8. The molecule has 0 unspecified atom stereocenters. The van der Waals surface area contributed by atoms with Crippen molar-refractivity contribution in [1.82, 2.24) is 9.97 Å². The molecule has 0 saturated carbocycles. The molecule has 2 aromatic heterocycles. The van der Waals surface area contributed by atoms with E-state index in [9.17, 15) is 9.90 Å². The van der Waals surface area contributed by atoms with Gasteiger partial charge >= 0.3 is 0 Å². The number of aryl methyl sites for hydroxylation is 10. The van der Waals surface area contributed by atoms with Crippen molar-refractivity contribution in [3.05, 3.63) is 225 Å². The molecule has 2 heterocycles. The largest absolute Gasteiger partial charge is 0.512 e. The number of nitrogens with zero attached hydrogens (tertiary/aromatic N) is 2. The molecule has 0 aliphatic heterocycles. The zero-order chi connectivity index (χ0) is 41.6. The molecule has 0 fully saturated rings. The average molecular weight is 801 g/mol. The van der Waals surface area contributed by atoms with Gasteiger partial charge in [0.1, 0.15) is 0 Å². The predicted octanol–water partition coefficient (Wildman–Crippen LogP) is 12.6. The van der Waals surface area contributed by atoms with E-state index in [2.05, 4.69) is 146 Å². The lowest BCUT2D eigenvalue weighted by molar-refractivity contribution is -0.114. The van der Waals surface area contributed by atoms with E-state index in [4.69, 9.17) is 9.97 Å². The molecule has 306 valence electrons. The van der Waals surface area contributed by atoms with Crippen LogP contribution in [0.5, 0.6) is 0 Å². The van der Waals surface area contributed by atoms with Crippen LogP contribution in [0.1, 0.15) is 81.3 Å². The molecule has 4 heteroatoms. The quantitative estimate of drug-likeness (QED) is 0.166. The first-order chi connectivity index (χ1) is 30.0. The second-order valence-corrected chi connectivity index (χ2v) is 16.8. The highest BCUT2D eigenvalue weighted by atomic mass is 16.3. The van der Waals surface area contributed by atoms with E-state index in [1.807, 2.05) is 12.4 Å². The lowest BCUT2D eigenvalue weighted by Crippen LogP contribution is -1.98. The first-order valence-corrected chi connectivity index (χ1v) is 22.2. The number of benzene rings is 5. The highest BCUT2D eigenvalue weighted by molar-refractivity contribution is 5.89. The number of fused-ring (bicyclic) bond motifs is 3. The fourth-order valence-electron chi connectivity index (χ4n) is 8.39. The summed E-state index contributed by atoms with van der Waals surface area (Å²) in [6.07, 6.45) is 17.3. The average Bonchev–Trinajstić information content (AvgIpc) is 3.30. The van der Waals surface area contributed by atoms with E-state index in [1.165, 1.54) is 61.7 Å². The van der Waals surface area contributed by atoms with Gasteiger partial charge < -0.3 is 5.11 Å². The van der Waals surface area contributed by atoms with Crippen LogP contribution in [-0.2, 0) is 69.0 Å². The first kappa shape index (κ1) is 41.3. The summed E-state index contributed by atoms with van der Waals surface area (Å²) in [4.78, 5) is 22.1. The molecule has 4 aliphatic carbocycles. The maximum atomic E-state index is 12.6. The number of aromatic nitrogens is 2. The van der Waals surface area contributed by atoms with Crippen molar-refractivity contribution in [3.63, 3.8) is 0 Å². The van der Waals surface area contributed by atoms with Crippen LogP contribution in [0.25, 0.3) is 22.5 Å². The predicted molar refractivity (Wildman–Crippen MR) is 250 cm³/mol. The van der Waals surface area contributed by atoms with Gasteiger partial charge in [-0.1, -0.05) is 109 Å². The smallest absolute Gasteiger partial charge is 0.159 e. The van der Waals surface area contributed by atoms with Gasteiger partial charge in [-0.05, 0) is 169 Å². The van der Waals surface area contributed by atoms with E-state index < -0.39 is 0 Å². The number of rotatable bonds is 0. The summed E-state index contributed by atoms with van der Waals surface area (Å²) in [5, 5.41) is 10.5. The highest BCUT2D eigenvalue weighted by Gasteiger charge is 2.09. The third-order valence-electron chi connectivity index (χ3n) is 12.1. The minimum absolute atomic E-state index is 0.00741. The fourth-order valence-corrected chi connectivity index (χ4v) is 8.39. The van der Waals surface area contributed by atoms with E-state index in [0.717, 1.165) is 99.6 Å². The van der Waals surface area contributed by atoms with Gasteiger partial charge in [0.25, 0.3) is 0 Å². The minimum atomic E-state index is -0.00741. The van der Waals surface area contributed by atoms with E-state index in [-0.39, 0.29) is 11.5 Å². The Morgan fingerprint density at radius 1 is 0.344 bits per heavy atom. The zero-order valence-corrected chi connectivity index (χ0v) is 35.2. The topological polar surface area (TPSA) is 63.1 Å². The number of hydrogen-bond acceptors (Lipinski definition) is 4. The van der Waals surface area contributed by atoms with Crippen molar-refractivity contribution in [2.24, 2.45) is 0 Å². The molecule has 4 nitrogen and oxygen atoms in total. The Morgan fingerprint density at radius 2 is 0.689 bits per heavy atom. The third kappa shape index (κ3) is 12.3. The maximum Gasteiger partial charge on any atom is 0.159 e. The van der Waals surface area contributed by atoms with Gasteiger partial charge in [0, 0.05) is 42.4 Å². The number of aliphatic hydroxyl groups excluding tert-OH is 1. The molecule has 61 heavy (non-hydrogen) atoms. The van der Waals surface area contributed by atoms with Crippen LogP contribution in [0.4, 0.5) is 0 Å². The molecule has 0 amide bonds. The monoisotopic (exact) mass is 800 g/mol. The molecule has 4 aliphatic rings. The summed E-state index contributed by atoms with van der Waals surface area (Å²) in [5.74, 6) is 0.173. The Kier molecular flexibility index (Phi) is 14.0. The van der Waals surface area contributed by atoms with Crippen LogP contribution >= 0.6 is 0 Å². The SMILES string of the molecule is O=C1C=C(O)CCCc2ccc(cc2)CCc2ccnc(c2)-c2cccc(c2)CCc2ccc(cc2)CCc2cccc(c2)-c2cc(ccn2)CCc2ccc(cc2)CCC1. The Balaban J connectivity index is 0.945. The van der Waals surface area contributed by atoms with Gasteiger partial charge in [-0.2, -0.15) is 0 Å². The number of allylic oxidation sites excluding steroid dienone is 2. The second-order valence-electron chi connectivity index (χ2n) is 16.8. The number of carbonyl (C=O) groups excluding carboxylic acids is 1. The Bertz CT molecular complexity index is 2550. The molecule has 7 aromatic rings. The van der Waals surface area contributed by atoms with Crippen LogP contribution in [0, 0.1) is 0 Å². The molecule has 0 radical (unpaired) electrons. The van der Waals surface area contributed by atoms with E-state index in [1.54, 1.807) is 0 Å². The van der Waals surface area contributed by atoms with Gasteiger partial charge in [0.2, 0.25) is 0 Å². The standard InChI is InChI=1S/C57H56N2O2/c60-54-11-3-5-42-13-17-44(18-14-42)27-31-50-33-35-58-56(39-50)52-9-1-7-48(37-52)29-25-46-21-23-47(24-22-46)26-30-49-8-2-10-53(38-49)57-40-51(34-36-59-57)32-28-45-19-15-43(16-20-45)6-4-12-55(61)41-54/h1-2,7-10,13-24,33-41,60H,3-6,11-12,25-32H2. The third-order valence-corrected chi connectivity index (χ3v) is 12.1. The first-order valence-electron chi connectivity index (χ1n) is 22.2. The van der Waals surface area contributed by atoms with Crippen molar-refractivity contribution >= 4 is 5.78 Å². The van der Waals surface area contributed by atoms with Crippen LogP contribution in [-0.4, -0.2) is 20.9 Å². The lowest BCUT2D eigenvalue weighted by Gasteiger charge is -2.09. The molecular weight excluding hydrogens is 745 g/mol. The summed E-state index contributed by atoms with van der Waals surface area (Å²) in [6.45, 7) is 0. The van der Waals surface area contributed by atoms with Crippen molar-refractivity contribution in [1.29, 1.82) is 0 Å². The van der Waals surface area contributed by atoms with Crippen LogP contribution in [0.2, 0.25) is 0 Å². The summed E-state index contributed by atoms with van der Waals surface area (Å²) >= 11 is 0. The maximum absolute atomic E-state index is 12.6. The number of pyridine rings is 2. The van der Waals surface area contributed by atoms with Crippen molar-refractivity contribution < 1.29 is 9.90 Å². The number of carbonyl (C=O) groups is 1. The molecule has 0 spiro atoms. The van der Waals surface area contributed by atoms with Gasteiger partial charge in [0.05, 0.1) is 17.1 Å². The van der Waals surface area contributed by atoms with Gasteiger partial charge in [-0.3, -0.25) is 14.8 Å². The number of ketones is 1. The van der Waals surface area contributed by atoms with Gasteiger partial charge in [-0.15, -0.1) is 0 Å². The van der Waals surface area contributed by atoms with Crippen LogP contribution in [0.15, 0.2) is 170 Å². The molecule has 1 N–H and O–H groups in total. The van der Waals surface area contributed by atoms with Gasteiger partial charge in [-0.25, -0.2) is 0 Å². The molecule has 0 atom stereocenters. The number of aliphatic hydroxyl groups is 1. The molecule has 11 rings (SSSR count). The molecule has 5 aromatic carbocycles. The lowest BCUT2D eigenvalue weighted by atomic mass is 9.97. The molecule has 0 saturated heterocycles. The van der Waals surface area contributed by atoms with Crippen molar-refractivity contribution in [3.8, 4) is 22.5 Å².